The fourth-order valence-electron chi connectivity index (χ4n) is 4.59. The Morgan fingerprint density at radius 3 is 2.36 bits per heavy atom. The maximum atomic E-state index is 12.9. The standard InChI is InChI=1S/C28H29F5N4O6S/c1-2-44(40,41)22-8-9-23(34-13-22)24(15-38)36-26(39)17-3-10-25(35-12-17)37-14-21(11-19(37)16-42-27(29)30)43-20-6-4-18(5-7-20)28(31,32)33/h3-10,12-13,19,21,24,27,38H,2,11,14-16H2,1H3,(H,36,39)/t19-,21+,24-/m0/s1. The summed E-state index contributed by atoms with van der Waals surface area (Å²) in [6.07, 6.45) is -2.48. The molecule has 3 heterocycles. The Kier molecular flexibility index (Phi) is 10.4. The Morgan fingerprint density at radius 2 is 1.82 bits per heavy atom. The number of aliphatic hydroxyl groups excluding tert-OH is 1. The van der Waals surface area contributed by atoms with E-state index in [0.717, 1.165) is 18.3 Å². The van der Waals surface area contributed by atoms with Crippen LogP contribution in [0.25, 0.3) is 0 Å². The number of alkyl halides is 5. The summed E-state index contributed by atoms with van der Waals surface area (Å²) in [7, 11) is -3.48. The summed E-state index contributed by atoms with van der Waals surface area (Å²) >= 11 is 0. The summed E-state index contributed by atoms with van der Waals surface area (Å²) in [5.74, 6) is -0.233. The van der Waals surface area contributed by atoms with Crippen LogP contribution in [0.3, 0.4) is 0 Å². The predicted molar refractivity (Wildman–Crippen MR) is 147 cm³/mol. The molecule has 1 fully saturated rings. The van der Waals surface area contributed by atoms with E-state index in [2.05, 4.69) is 20.0 Å². The largest absolute Gasteiger partial charge is 0.489 e. The van der Waals surface area contributed by atoms with Gasteiger partial charge in [-0.05, 0) is 48.5 Å². The second-order valence-corrected chi connectivity index (χ2v) is 12.1. The number of hydrogen-bond donors (Lipinski definition) is 2. The average Bonchev–Trinajstić information content (AvgIpc) is 3.41. The number of ether oxygens (including phenoxy) is 2. The normalized spacial score (nSPS) is 18.0. The van der Waals surface area contributed by atoms with Gasteiger partial charge in [0.05, 0.1) is 59.3 Å². The van der Waals surface area contributed by atoms with Gasteiger partial charge in [-0.15, -0.1) is 0 Å². The summed E-state index contributed by atoms with van der Waals surface area (Å²) in [6.45, 7) is -2.27. The number of amides is 1. The van der Waals surface area contributed by atoms with Crippen molar-refractivity contribution in [2.24, 2.45) is 0 Å². The molecule has 4 rings (SSSR count). The molecule has 2 aromatic heterocycles. The number of carbonyl (C=O) groups excluding carboxylic acids is 1. The third kappa shape index (κ3) is 8.18. The van der Waals surface area contributed by atoms with E-state index in [0.29, 0.717) is 5.82 Å². The Morgan fingerprint density at radius 1 is 1.09 bits per heavy atom. The third-order valence-electron chi connectivity index (χ3n) is 6.92. The second kappa shape index (κ2) is 13.8. The molecular formula is C28H29F5N4O6S. The lowest BCUT2D eigenvalue weighted by atomic mass is 10.1. The van der Waals surface area contributed by atoms with Gasteiger partial charge in [-0.25, -0.2) is 13.4 Å². The Balaban J connectivity index is 1.44. The fraction of sp³-hybridized carbons (Fsp3) is 0.393. The minimum absolute atomic E-state index is 0.0118. The average molecular weight is 645 g/mol. The summed E-state index contributed by atoms with van der Waals surface area (Å²) in [5, 5.41) is 12.4. The molecule has 0 saturated carbocycles. The van der Waals surface area contributed by atoms with Crippen LogP contribution >= 0.6 is 0 Å². The minimum Gasteiger partial charge on any atom is -0.489 e. The van der Waals surface area contributed by atoms with Crippen molar-refractivity contribution in [3.8, 4) is 5.75 Å². The number of carbonyl (C=O) groups is 1. The van der Waals surface area contributed by atoms with Crippen molar-refractivity contribution in [1.82, 2.24) is 15.3 Å². The van der Waals surface area contributed by atoms with Crippen molar-refractivity contribution in [2.45, 2.75) is 49.2 Å². The maximum Gasteiger partial charge on any atom is 0.416 e. The molecule has 0 radical (unpaired) electrons. The first-order valence-electron chi connectivity index (χ1n) is 13.4. The highest BCUT2D eigenvalue weighted by atomic mass is 32.2. The Hall–Kier alpha value is -3.89. The van der Waals surface area contributed by atoms with Crippen molar-refractivity contribution in [1.29, 1.82) is 0 Å². The van der Waals surface area contributed by atoms with Gasteiger partial charge in [-0.2, -0.15) is 22.0 Å². The number of pyridine rings is 2. The van der Waals surface area contributed by atoms with Crippen molar-refractivity contribution < 1.29 is 49.7 Å². The number of aliphatic hydroxyl groups is 1. The Bertz CT molecular complexity index is 1510. The number of sulfone groups is 1. The lowest BCUT2D eigenvalue weighted by molar-refractivity contribution is -0.137. The number of nitrogens with zero attached hydrogens (tertiary/aromatic N) is 3. The van der Waals surface area contributed by atoms with Crippen LogP contribution in [0, 0.1) is 0 Å². The van der Waals surface area contributed by atoms with Crippen LogP contribution < -0.4 is 15.0 Å². The van der Waals surface area contributed by atoms with Crippen molar-refractivity contribution in [3.05, 3.63) is 77.7 Å². The number of benzene rings is 1. The molecule has 0 aliphatic carbocycles. The molecule has 0 spiro atoms. The van der Waals surface area contributed by atoms with Crippen LogP contribution in [0.2, 0.25) is 0 Å². The van der Waals surface area contributed by atoms with Crippen molar-refractivity contribution >= 4 is 21.6 Å². The van der Waals surface area contributed by atoms with Gasteiger partial charge in [0.1, 0.15) is 17.7 Å². The summed E-state index contributed by atoms with van der Waals surface area (Å²) in [5.41, 5.74) is -0.496. The maximum absolute atomic E-state index is 12.9. The molecule has 1 aromatic carbocycles. The van der Waals surface area contributed by atoms with Crippen LogP contribution in [-0.4, -0.2) is 73.7 Å². The number of rotatable bonds is 12. The predicted octanol–water partition coefficient (Wildman–Crippen LogP) is 4.02. The van der Waals surface area contributed by atoms with Gasteiger partial charge in [0, 0.05) is 18.8 Å². The van der Waals surface area contributed by atoms with E-state index in [1.807, 2.05) is 0 Å². The molecular weight excluding hydrogens is 615 g/mol. The van der Waals surface area contributed by atoms with Crippen LogP contribution in [0.15, 0.2) is 65.8 Å². The molecule has 16 heteroatoms. The van der Waals surface area contributed by atoms with Gasteiger partial charge in [0.25, 0.3) is 5.91 Å². The first-order chi connectivity index (χ1) is 20.8. The fourth-order valence-corrected chi connectivity index (χ4v) is 5.41. The van der Waals surface area contributed by atoms with Gasteiger partial charge in [-0.1, -0.05) is 6.92 Å². The van der Waals surface area contributed by atoms with Crippen LogP contribution in [0.1, 0.15) is 41.0 Å². The molecule has 1 amide bonds. The molecule has 44 heavy (non-hydrogen) atoms. The van der Waals surface area contributed by atoms with E-state index in [4.69, 9.17) is 4.74 Å². The molecule has 238 valence electrons. The Labute approximate surface area is 249 Å². The SMILES string of the molecule is CCS(=O)(=O)c1ccc([C@H](CO)NC(=O)c2ccc(N3C[C@H](Oc4ccc(C(F)(F)F)cc4)C[C@H]3COC(F)F)nc2)nc1. The van der Waals surface area contributed by atoms with Crippen LogP contribution in [0.4, 0.5) is 27.8 Å². The van der Waals surface area contributed by atoms with E-state index in [1.165, 1.54) is 49.5 Å². The molecule has 10 nitrogen and oxygen atoms in total. The highest BCUT2D eigenvalue weighted by molar-refractivity contribution is 7.91. The molecule has 0 unspecified atom stereocenters. The molecule has 2 N–H and O–H groups in total. The first kappa shape index (κ1) is 33.0. The second-order valence-electron chi connectivity index (χ2n) is 9.83. The van der Waals surface area contributed by atoms with E-state index in [-0.39, 0.29) is 47.2 Å². The van der Waals surface area contributed by atoms with Crippen LogP contribution in [0.5, 0.6) is 5.75 Å². The number of anilines is 1. The zero-order valence-electron chi connectivity index (χ0n) is 23.2. The number of nitrogens with one attached hydrogen (secondary N) is 1. The van der Waals surface area contributed by atoms with E-state index < -0.39 is 58.9 Å². The van der Waals surface area contributed by atoms with Gasteiger partial charge in [0.15, 0.2) is 9.84 Å². The molecule has 1 aliphatic heterocycles. The zero-order valence-corrected chi connectivity index (χ0v) is 24.1. The lowest BCUT2D eigenvalue weighted by Gasteiger charge is -2.25. The number of halogens is 5. The quantitative estimate of drug-likeness (QED) is 0.281. The van der Waals surface area contributed by atoms with Crippen molar-refractivity contribution in [2.75, 3.05) is 30.4 Å². The van der Waals surface area contributed by atoms with Crippen molar-refractivity contribution in [3.63, 3.8) is 0 Å². The summed E-state index contributed by atoms with van der Waals surface area (Å²) < 4.78 is 98.6. The lowest BCUT2D eigenvalue weighted by Crippen LogP contribution is -2.35. The minimum atomic E-state index is -4.50. The molecule has 3 atom stereocenters. The summed E-state index contributed by atoms with van der Waals surface area (Å²) in [4.78, 5) is 22.9. The molecule has 3 aromatic rings. The van der Waals surface area contributed by atoms with E-state index >= 15 is 0 Å². The van der Waals surface area contributed by atoms with Gasteiger partial charge >= 0.3 is 12.8 Å². The van der Waals surface area contributed by atoms with E-state index in [9.17, 15) is 40.3 Å². The highest BCUT2D eigenvalue weighted by Gasteiger charge is 2.36. The number of hydrogen-bond acceptors (Lipinski definition) is 9. The third-order valence-corrected chi connectivity index (χ3v) is 8.64. The molecule has 1 aliphatic rings. The first-order valence-corrected chi connectivity index (χ1v) is 15.0. The van der Waals surface area contributed by atoms with Crippen LogP contribution in [-0.2, 0) is 20.8 Å². The van der Waals surface area contributed by atoms with E-state index in [1.54, 1.807) is 4.90 Å². The van der Waals surface area contributed by atoms with Gasteiger partial charge < -0.3 is 24.8 Å². The highest BCUT2D eigenvalue weighted by Crippen LogP contribution is 2.32. The number of aromatic nitrogens is 2. The van der Waals surface area contributed by atoms with Gasteiger partial charge in [0.2, 0.25) is 0 Å². The van der Waals surface area contributed by atoms with Gasteiger partial charge in [-0.3, -0.25) is 9.78 Å². The monoisotopic (exact) mass is 644 g/mol. The zero-order chi connectivity index (χ0) is 32.1. The molecule has 1 saturated heterocycles. The topological polar surface area (TPSA) is 131 Å². The summed E-state index contributed by atoms with van der Waals surface area (Å²) in [6, 6.07) is 8.22. The molecule has 0 bridgehead atoms. The smallest absolute Gasteiger partial charge is 0.416 e.